The van der Waals surface area contributed by atoms with E-state index in [1.54, 1.807) is 30.5 Å². The minimum atomic E-state index is -4.27. The Morgan fingerprint density at radius 1 is 1.05 bits per heavy atom. The van der Waals surface area contributed by atoms with Crippen LogP contribution in [0.4, 0.5) is 13.2 Å². The van der Waals surface area contributed by atoms with Crippen LogP contribution in [0.15, 0.2) is 30.5 Å². The lowest BCUT2D eigenvalue weighted by Crippen LogP contribution is -2.49. The van der Waals surface area contributed by atoms with Gasteiger partial charge in [-0.2, -0.15) is 13.2 Å². The number of benzene rings is 1. The van der Waals surface area contributed by atoms with Crippen LogP contribution in [0.2, 0.25) is 0 Å². The van der Waals surface area contributed by atoms with E-state index in [0.29, 0.717) is 37.1 Å². The number of aromatic amines is 1. The molecule has 2 N–H and O–H groups in total. The van der Waals surface area contributed by atoms with E-state index in [9.17, 15) is 13.2 Å². The van der Waals surface area contributed by atoms with E-state index in [0.717, 1.165) is 5.52 Å². The van der Waals surface area contributed by atoms with Gasteiger partial charge in [0.2, 0.25) is 0 Å². The van der Waals surface area contributed by atoms with Gasteiger partial charge < -0.3 is 10.3 Å². The van der Waals surface area contributed by atoms with Crippen molar-refractivity contribution in [3.05, 3.63) is 36.0 Å². The van der Waals surface area contributed by atoms with Gasteiger partial charge in [0.15, 0.2) is 0 Å². The molecule has 1 aliphatic heterocycles. The van der Waals surface area contributed by atoms with E-state index in [-0.39, 0.29) is 24.8 Å². The largest absolute Gasteiger partial charge is 0.408 e. The zero-order valence-electron chi connectivity index (χ0n) is 11.7. The van der Waals surface area contributed by atoms with Gasteiger partial charge in [-0.25, -0.2) is 0 Å². The highest BCUT2D eigenvalue weighted by atomic mass is 35.5. The Bertz CT molecular complexity index is 594. The number of halogens is 5. The van der Waals surface area contributed by atoms with Crippen molar-refractivity contribution in [2.45, 2.75) is 12.2 Å². The maximum Gasteiger partial charge on any atom is 0.408 e. The summed E-state index contributed by atoms with van der Waals surface area (Å²) >= 11 is 0. The van der Waals surface area contributed by atoms with Crippen molar-refractivity contribution in [2.75, 3.05) is 26.2 Å². The standard InChI is InChI=1S/C14H16F3N3.2ClH/c15-14(16,17)13(20-8-6-18-7-9-20)11-2-1-3-12-10(11)4-5-19-12;;/h1-5,13,18-19H,6-9H2;2*1H/t13-;;/m1../s1. The van der Waals surface area contributed by atoms with E-state index in [1.807, 2.05) is 0 Å². The molecule has 0 saturated carbocycles. The number of nitrogens with one attached hydrogen (secondary N) is 2. The van der Waals surface area contributed by atoms with Crippen LogP contribution in [0, 0.1) is 0 Å². The molecule has 0 bridgehead atoms. The number of piperazine rings is 1. The van der Waals surface area contributed by atoms with E-state index >= 15 is 0 Å². The summed E-state index contributed by atoms with van der Waals surface area (Å²) in [5, 5.41) is 3.74. The molecule has 0 spiro atoms. The number of alkyl halides is 3. The highest BCUT2D eigenvalue weighted by Crippen LogP contribution is 2.40. The van der Waals surface area contributed by atoms with Crippen LogP contribution in [-0.4, -0.2) is 42.2 Å². The zero-order valence-corrected chi connectivity index (χ0v) is 13.3. The minimum Gasteiger partial charge on any atom is -0.361 e. The van der Waals surface area contributed by atoms with Crippen LogP contribution in [0.25, 0.3) is 10.9 Å². The lowest BCUT2D eigenvalue weighted by molar-refractivity contribution is -0.187. The number of fused-ring (bicyclic) bond motifs is 1. The molecule has 1 fully saturated rings. The van der Waals surface area contributed by atoms with Gasteiger partial charge >= 0.3 is 6.18 Å². The van der Waals surface area contributed by atoms with Crippen LogP contribution < -0.4 is 5.32 Å². The van der Waals surface area contributed by atoms with Gasteiger partial charge in [0, 0.05) is 43.3 Å². The van der Waals surface area contributed by atoms with Gasteiger partial charge in [0.25, 0.3) is 0 Å². The molecule has 1 aromatic heterocycles. The van der Waals surface area contributed by atoms with Crippen molar-refractivity contribution < 1.29 is 13.2 Å². The summed E-state index contributed by atoms with van der Waals surface area (Å²) < 4.78 is 40.7. The minimum absolute atomic E-state index is 0. The molecule has 3 nitrogen and oxygen atoms in total. The van der Waals surface area contributed by atoms with Crippen LogP contribution >= 0.6 is 24.8 Å². The Balaban J connectivity index is 0.00000121. The quantitative estimate of drug-likeness (QED) is 0.863. The lowest BCUT2D eigenvalue weighted by atomic mass is 10.00. The molecular weight excluding hydrogens is 338 g/mol. The SMILES string of the molecule is Cl.Cl.FC(F)(F)[C@@H](c1cccc2[nH]ccc12)N1CCNCC1. The molecule has 1 aliphatic rings. The van der Waals surface area contributed by atoms with Gasteiger partial charge in [-0.15, -0.1) is 24.8 Å². The molecule has 1 aromatic carbocycles. The van der Waals surface area contributed by atoms with Crippen molar-refractivity contribution in [3.8, 4) is 0 Å². The Hall–Kier alpha value is -0.950. The molecule has 1 atom stereocenters. The van der Waals surface area contributed by atoms with Crippen molar-refractivity contribution in [3.63, 3.8) is 0 Å². The van der Waals surface area contributed by atoms with Gasteiger partial charge in [0.05, 0.1) is 0 Å². The molecule has 8 heteroatoms. The van der Waals surface area contributed by atoms with Gasteiger partial charge in [0.1, 0.15) is 6.04 Å². The number of H-pyrrole nitrogens is 1. The molecule has 0 amide bonds. The lowest BCUT2D eigenvalue weighted by Gasteiger charge is -2.36. The van der Waals surface area contributed by atoms with Crippen LogP contribution in [0.3, 0.4) is 0 Å². The monoisotopic (exact) mass is 355 g/mol. The Labute approximate surface area is 139 Å². The second-order valence-corrected chi connectivity index (χ2v) is 5.02. The number of hydrogen-bond donors (Lipinski definition) is 2. The fraction of sp³-hybridized carbons (Fsp3) is 0.429. The number of aromatic nitrogens is 1. The highest BCUT2D eigenvalue weighted by Gasteiger charge is 2.45. The summed E-state index contributed by atoms with van der Waals surface area (Å²) in [7, 11) is 0. The summed E-state index contributed by atoms with van der Waals surface area (Å²) in [4.78, 5) is 4.48. The molecule has 0 unspecified atom stereocenters. The molecule has 2 heterocycles. The normalized spacial score (nSPS) is 17.6. The van der Waals surface area contributed by atoms with Crippen LogP contribution in [-0.2, 0) is 0 Å². The summed E-state index contributed by atoms with van der Waals surface area (Å²) in [5.74, 6) is 0. The average Bonchev–Trinajstić information content (AvgIpc) is 2.88. The number of hydrogen-bond acceptors (Lipinski definition) is 2. The van der Waals surface area contributed by atoms with E-state index in [1.165, 1.54) is 4.90 Å². The molecular formula is C14H18Cl2F3N3. The summed E-state index contributed by atoms with van der Waals surface area (Å²) in [5.41, 5.74) is 1.07. The topological polar surface area (TPSA) is 31.1 Å². The maximum absolute atomic E-state index is 13.6. The van der Waals surface area contributed by atoms with Crippen molar-refractivity contribution in [1.82, 2.24) is 15.2 Å². The Kier molecular flexibility index (Phi) is 6.55. The summed E-state index contributed by atoms with van der Waals surface area (Å²) in [6.07, 6.45) is -2.59. The highest BCUT2D eigenvalue weighted by molar-refractivity contribution is 5.85. The number of rotatable bonds is 2. The van der Waals surface area contributed by atoms with E-state index in [4.69, 9.17) is 0 Å². The molecule has 0 radical (unpaired) electrons. The Morgan fingerprint density at radius 2 is 1.73 bits per heavy atom. The maximum atomic E-state index is 13.6. The van der Waals surface area contributed by atoms with E-state index in [2.05, 4.69) is 10.3 Å². The molecule has 124 valence electrons. The summed E-state index contributed by atoms with van der Waals surface area (Å²) in [6, 6.07) is 5.23. The van der Waals surface area contributed by atoms with Gasteiger partial charge in [-0.1, -0.05) is 12.1 Å². The van der Waals surface area contributed by atoms with Crippen molar-refractivity contribution in [1.29, 1.82) is 0 Å². The van der Waals surface area contributed by atoms with Gasteiger partial charge in [-0.3, -0.25) is 4.90 Å². The first-order valence-electron chi connectivity index (χ1n) is 6.65. The van der Waals surface area contributed by atoms with Crippen molar-refractivity contribution >= 4 is 35.7 Å². The first-order chi connectivity index (χ1) is 9.57. The average molecular weight is 356 g/mol. The molecule has 22 heavy (non-hydrogen) atoms. The van der Waals surface area contributed by atoms with Crippen molar-refractivity contribution in [2.24, 2.45) is 0 Å². The zero-order chi connectivity index (χ0) is 14.2. The second-order valence-electron chi connectivity index (χ2n) is 5.02. The van der Waals surface area contributed by atoms with Crippen LogP contribution in [0.5, 0.6) is 0 Å². The Morgan fingerprint density at radius 3 is 2.36 bits per heavy atom. The first kappa shape index (κ1) is 19.1. The smallest absolute Gasteiger partial charge is 0.361 e. The third-order valence-corrected chi connectivity index (χ3v) is 3.75. The fourth-order valence-electron chi connectivity index (χ4n) is 2.87. The second kappa shape index (κ2) is 7.55. The summed E-state index contributed by atoms with van der Waals surface area (Å²) in [6.45, 7) is 2.00. The molecule has 0 aliphatic carbocycles. The third kappa shape index (κ3) is 3.68. The first-order valence-corrected chi connectivity index (χ1v) is 6.65. The predicted octanol–water partition coefficient (Wildman–Crippen LogP) is 3.52. The fourth-order valence-corrected chi connectivity index (χ4v) is 2.87. The van der Waals surface area contributed by atoms with E-state index < -0.39 is 12.2 Å². The molecule has 1 saturated heterocycles. The molecule has 3 rings (SSSR count). The number of nitrogens with zero attached hydrogens (tertiary/aromatic N) is 1. The third-order valence-electron chi connectivity index (χ3n) is 3.75. The molecule has 2 aromatic rings. The predicted molar refractivity (Wildman–Crippen MR) is 86.0 cm³/mol. The van der Waals surface area contributed by atoms with Crippen LogP contribution in [0.1, 0.15) is 11.6 Å². The van der Waals surface area contributed by atoms with Gasteiger partial charge in [-0.05, 0) is 17.7 Å².